The fourth-order valence-electron chi connectivity index (χ4n) is 0.827. The van der Waals surface area contributed by atoms with Crippen LogP contribution >= 0.6 is 0 Å². The van der Waals surface area contributed by atoms with Crippen LogP contribution in [0.4, 0.5) is 5.82 Å². The zero-order chi connectivity index (χ0) is 9.84. The van der Waals surface area contributed by atoms with Gasteiger partial charge in [-0.1, -0.05) is 6.58 Å². The van der Waals surface area contributed by atoms with Gasteiger partial charge >= 0.3 is 0 Å². The van der Waals surface area contributed by atoms with Gasteiger partial charge in [-0.25, -0.2) is 4.98 Å². The van der Waals surface area contributed by atoms with Crippen molar-refractivity contribution in [1.29, 1.82) is 0 Å². The lowest BCUT2D eigenvalue weighted by molar-refractivity contribution is -0.111. The molecular weight excluding hydrogens is 170 g/mol. The molecule has 0 saturated heterocycles. The molecule has 0 radical (unpaired) electrons. The van der Waals surface area contributed by atoms with Crippen molar-refractivity contribution in [3.8, 4) is 0 Å². The van der Waals surface area contributed by atoms with Crippen LogP contribution in [0.25, 0.3) is 0 Å². The summed E-state index contributed by atoms with van der Waals surface area (Å²) in [5, 5.41) is 2.50. The first-order chi connectivity index (χ1) is 6.19. The van der Waals surface area contributed by atoms with Crippen LogP contribution in [0.5, 0.6) is 0 Å². The standard InChI is InChI=1S/C8H9N3O2/c1-3-8(13)10-6-4-9-7(5-12)11(6)2/h3-5H,1H2,2H3,(H,10,13). The smallest absolute Gasteiger partial charge is 0.248 e. The van der Waals surface area contributed by atoms with Crippen molar-refractivity contribution in [2.75, 3.05) is 5.32 Å². The van der Waals surface area contributed by atoms with Gasteiger partial charge in [-0.15, -0.1) is 0 Å². The highest BCUT2D eigenvalue weighted by atomic mass is 16.1. The number of rotatable bonds is 3. The molecule has 0 aliphatic carbocycles. The van der Waals surface area contributed by atoms with E-state index in [0.717, 1.165) is 6.08 Å². The van der Waals surface area contributed by atoms with Gasteiger partial charge in [-0.2, -0.15) is 0 Å². The monoisotopic (exact) mass is 179 g/mol. The number of nitrogens with zero attached hydrogens (tertiary/aromatic N) is 2. The van der Waals surface area contributed by atoms with Crippen LogP contribution in [0.3, 0.4) is 0 Å². The number of imidazole rings is 1. The molecule has 1 aromatic heterocycles. The fraction of sp³-hybridized carbons (Fsp3) is 0.125. The third-order valence-corrected chi connectivity index (χ3v) is 1.57. The Morgan fingerprint density at radius 1 is 1.77 bits per heavy atom. The van der Waals surface area contributed by atoms with E-state index in [0.29, 0.717) is 12.1 Å². The average molecular weight is 179 g/mol. The summed E-state index contributed by atoms with van der Waals surface area (Å²) in [6.07, 6.45) is 3.17. The third kappa shape index (κ3) is 1.81. The minimum absolute atomic E-state index is 0.263. The number of hydrogen-bond donors (Lipinski definition) is 1. The summed E-state index contributed by atoms with van der Waals surface area (Å²) >= 11 is 0. The summed E-state index contributed by atoms with van der Waals surface area (Å²) in [5.41, 5.74) is 0. The molecule has 0 aliphatic heterocycles. The molecule has 0 bridgehead atoms. The normalized spacial score (nSPS) is 9.31. The van der Waals surface area contributed by atoms with Crippen molar-refractivity contribution in [2.45, 2.75) is 0 Å². The molecule has 1 rings (SSSR count). The number of hydrogen-bond acceptors (Lipinski definition) is 3. The lowest BCUT2D eigenvalue weighted by Gasteiger charge is -2.02. The Bertz CT molecular complexity index is 354. The molecule has 0 unspecified atom stereocenters. The van der Waals surface area contributed by atoms with E-state index in [9.17, 15) is 9.59 Å². The SMILES string of the molecule is C=CC(=O)Nc1cnc(C=O)n1C. The molecule has 13 heavy (non-hydrogen) atoms. The molecule has 5 heteroatoms. The maximum atomic E-state index is 10.9. The highest BCUT2D eigenvalue weighted by Gasteiger charge is 2.05. The summed E-state index contributed by atoms with van der Waals surface area (Å²) in [6.45, 7) is 3.30. The van der Waals surface area contributed by atoms with Crippen molar-refractivity contribution < 1.29 is 9.59 Å². The van der Waals surface area contributed by atoms with Gasteiger partial charge in [0.25, 0.3) is 0 Å². The quantitative estimate of drug-likeness (QED) is 0.538. The average Bonchev–Trinajstić information content (AvgIpc) is 2.48. The van der Waals surface area contributed by atoms with E-state index >= 15 is 0 Å². The summed E-state index contributed by atoms with van der Waals surface area (Å²) in [4.78, 5) is 25.0. The highest BCUT2D eigenvalue weighted by molar-refractivity contribution is 5.98. The number of carbonyl (C=O) groups excluding carboxylic acids is 2. The van der Waals surface area contributed by atoms with E-state index in [4.69, 9.17) is 0 Å². The summed E-state index contributed by atoms with van der Waals surface area (Å²) in [7, 11) is 1.63. The minimum Gasteiger partial charge on any atom is -0.312 e. The van der Waals surface area contributed by atoms with Crippen LogP contribution in [0.2, 0.25) is 0 Å². The minimum atomic E-state index is -0.333. The molecule has 1 amide bonds. The lowest BCUT2D eigenvalue weighted by Crippen LogP contribution is -2.11. The Morgan fingerprint density at radius 3 is 2.92 bits per heavy atom. The van der Waals surface area contributed by atoms with Gasteiger partial charge in [0.05, 0.1) is 6.20 Å². The molecule has 1 aromatic rings. The first kappa shape index (κ1) is 9.18. The highest BCUT2D eigenvalue weighted by Crippen LogP contribution is 2.06. The second kappa shape index (κ2) is 3.66. The fourth-order valence-corrected chi connectivity index (χ4v) is 0.827. The first-order valence-electron chi connectivity index (χ1n) is 3.59. The van der Waals surface area contributed by atoms with E-state index in [1.807, 2.05) is 0 Å². The summed E-state index contributed by atoms with van der Waals surface area (Å²) in [6, 6.07) is 0. The zero-order valence-corrected chi connectivity index (χ0v) is 7.15. The van der Waals surface area contributed by atoms with Crippen molar-refractivity contribution in [2.24, 2.45) is 7.05 Å². The van der Waals surface area contributed by atoms with Crippen molar-refractivity contribution >= 4 is 18.0 Å². The van der Waals surface area contributed by atoms with Gasteiger partial charge in [-0.3, -0.25) is 9.59 Å². The first-order valence-corrected chi connectivity index (χ1v) is 3.59. The van der Waals surface area contributed by atoms with Crippen LogP contribution in [0.15, 0.2) is 18.9 Å². The number of nitrogens with one attached hydrogen (secondary N) is 1. The maximum Gasteiger partial charge on any atom is 0.248 e. The lowest BCUT2D eigenvalue weighted by atomic mass is 10.5. The molecule has 0 atom stereocenters. The van der Waals surface area contributed by atoms with E-state index in [2.05, 4.69) is 16.9 Å². The molecule has 68 valence electrons. The van der Waals surface area contributed by atoms with Gasteiger partial charge in [0.2, 0.25) is 5.91 Å². The molecule has 0 aromatic carbocycles. The predicted molar refractivity (Wildman–Crippen MR) is 47.4 cm³/mol. The van der Waals surface area contributed by atoms with E-state index in [1.165, 1.54) is 10.8 Å². The largest absolute Gasteiger partial charge is 0.312 e. The molecule has 1 heterocycles. The molecular formula is C8H9N3O2. The molecule has 1 N–H and O–H groups in total. The molecule has 0 saturated carbocycles. The van der Waals surface area contributed by atoms with Gasteiger partial charge in [0, 0.05) is 7.05 Å². The molecule has 0 aliphatic rings. The van der Waals surface area contributed by atoms with Crippen LogP contribution in [-0.2, 0) is 11.8 Å². The van der Waals surface area contributed by atoms with Crippen LogP contribution in [0, 0.1) is 0 Å². The van der Waals surface area contributed by atoms with E-state index in [1.54, 1.807) is 7.05 Å². The zero-order valence-electron chi connectivity index (χ0n) is 7.15. The number of anilines is 1. The van der Waals surface area contributed by atoms with Crippen molar-refractivity contribution in [1.82, 2.24) is 9.55 Å². The van der Waals surface area contributed by atoms with Crippen LogP contribution in [0.1, 0.15) is 10.6 Å². The second-order valence-corrected chi connectivity index (χ2v) is 2.37. The Hall–Kier alpha value is -1.91. The van der Waals surface area contributed by atoms with Gasteiger partial charge in [0.1, 0.15) is 5.82 Å². The van der Waals surface area contributed by atoms with Gasteiger partial charge in [0.15, 0.2) is 12.1 Å². The second-order valence-electron chi connectivity index (χ2n) is 2.37. The Labute approximate surface area is 75.1 Å². The summed E-state index contributed by atoms with van der Waals surface area (Å²) < 4.78 is 1.48. The van der Waals surface area contributed by atoms with Gasteiger partial charge < -0.3 is 9.88 Å². The predicted octanol–water partition coefficient (Wildman–Crippen LogP) is 0.357. The number of amides is 1. The maximum absolute atomic E-state index is 10.9. The van der Waals surface area contributed by atoms with Crippen LogP contribution in [-0.4, -0.2) is 21.7 Å². The van der Waals surface area contributed by atoms with Crippen molar-refractivity contribution in [3.05, 3.63) is 24.7 Å². The Morgan fingerprint density at radius 2 is 2.46 bits per heavy atom. The Balaban J connectivity index is 2.89. The van der Waals surface area contributed by atoms with E-state index < -0.39 is 0 Å². The van der Waals surface area contributed by atoms with E-state index in [-0.39, 0.29) is 11.7 Å². The topological polar surface area (TPSA) is 64.0 Å². The van der Waals surface area contributed by atoms with Gasteiger partial charge in [-0.05, 0) is 6.08 Å². The third-order valence-electron chi connectivity index (χ3n) is 1.57. The molecule has 0 spiro atoms. The van der Waals surface area contributed by atoms with Crippen LogP contribution < -0.4 is 5.32 Å². The molecule has 0 fully saturated rings. The Kier molecular flexibility index (Phi) is 2.59. The number of aromatic nitrogens is 2. The van der Waals surface area contributed by atoms with Crippen molar-refractivity contribution in [3.63, 3.8) is 0 Å². The number of carbonyl (C=O) groups is 2. The summed E-state index contributed by atoms with van der Waals surface area (Å²) in [5.74, 6) is 0.395. The molecule has 5 nitrogen and oxygen atoms in total. The number of aldehydes is 1.